The number of morpholine rings is 1. The van der Waals surface area contributed by atoms with E-state index in [9.17, 15) is 4.79 Å². The minimum atomic E-state index is -0.413. The van der Waals surface area contributed by atoms with Crippen LogP contribution >= 0.6 is 0 Å². The molecule has 5 rings (SSSR count). The largest absolute Gasteiger partial charge is 0.377 e. The third kappa shape index (κ3) is 3.17. The fourth-order valence-corrected chi connectivity index (χ4v) is 3.65. The van der Waals surface area contributed by atoms with Crippen molar-refractivity contribution < 1.29 is 14.1 Å². The first kappa shape index (κ1) is 17.6. The lowest BCUT2D eigenvalue weighted by atomic mass is 10.0. The fraction of sp³-hybridized carbons (Fsp3) is 0.238. The van der Waals surface area contributed by atoms with Crippen LogP contribution in [-0.2, 0) is 11.8 Å². The Kier molecular flexibility index (Phi) is 4.33. The number of hydrogen-bond acceptors (Lipinski definition) is 6. The van der Waals surface area contributed by atoms with E-state index in [2.05, 4.69) is 15.2 Å². The van der Waals surface area contributed by atoms with Crippen molar-refractivity contribution in [1.29, 1.82) is 0 Å². The molecule has 0 aliphatic carbocycles. The first-order chi connectivity index (χ1) is 14.2. The lowest BCUT2D eigenvalue weighted by Crippen LogP contribution is -2.43. The molecule has 29 heavy (non-hydrogen) atoms. The van der Waals surface area contributed by atoms with Crippen LogP contribution in [0, 0.1) is 0 Å². The number of ether oxygens (including phenoxy) is 1. The van der Waals surface area contributed by atoms with Crippen molar-refractivity contribution >= 4 is 16.7 Å². The van der Waals surface area contributed by atoms with Gasteiger partial charge in [-0.25, -0.2) is 0 Å². The smallest absolute Gasteiger partial charge is 0.261 e. The van der Waals surface area contributed by atoms with Gasteiger partial charge in [0.1, 0.15) is 6.04 Å². The van der Waals surface area contributed by atoms with Crippen molar-refractivity contribution in [3.8, 4) is 11.5 Å². The minimum Gasteiger partial charge on any atom is -0.377 e. The normalized spacial score (nSPS) is 17.0. The zero-order chi connectivity index (χ0) is 19.8. The highest BCUT2D eigenvalue weighted by Crippen LogP contribution is 2.28. The Labute approximate surface area is 166 Å². The maximum atomic E-state index is 13.4. The van der Waals surface area contributed by atoms with E-state index < -0.39 is 6.04 Å². The molecule has 0 bridgehead atoms. The molecular weight excluding hydrogens is 370 g/mol. The SMILES string of the molecule is Cn1cc(-c2nc([C@@H]3COCCN3C(=O)c3cccc4ccccc34)no2)cn1. The van der Waals surface area contributed by atoms with Crippen molar-refractivity contribution in [3.05, 3.63) is 66.2 Å². The van der Waals surface area contributed by atoms with Gasteiger partial charge in [0.15, 0.2) is 5.82 Å². The molecule has 8 nitrogen and oxygen atoms in total. The quantitative estimate of drug-likeness (QED) is 0.536. The fourth-order valence-electron chi connectivity index (χ4n) is 3.65. The molecule has 0 saturated carbocycles. The van der Waals surface area contributed by atoms with E-state index in [-0.39, 0.29) is 5.91 Å². The average molecular weight is 389 g/mol. The summed E-state index contributed by atoms with van der Waals surface area (Å²) in [4.78, 5) is 19.7. The molecule has 0 radical (unpaired) electrons. The number of benzene rings is 2. The Balaban J connectivity index is 1.49. The Hall–Kier alpha value is -3.52. The topological polar surface area (TPSA) is 86.3 Å². The van der Waals surface area contributed by atoms with Gasteiger partial charge in [-0.05, 0) is 16.8 Å². The van der Waals surface area contributed by atoms with Gasteiger partial charge < -0.3 is 14.2 Å². The maximum absolute atomic E-state index is 13.4. The summed E-state index contributed by atoms with van der Waals surface area (Å²) >= 11 is 0. The number of rotatable bonds is 3. The Morgan fingerprint density at radius 3 is 2.90 bits per heavy atom. The van der Waals surface area contributed by atoms with Crippen molar-refractivity contribution in [2.75, 3.05) is 19.8 Å². The molecule has 8 heteroatoms. The van der Waals surface area contributed by atoms with Crippen molar-refractivity contribution in [2.24, 2.45) is 7.05 Å². The molecule has 1 amide bonds. The second kappa shape index (κ2) is 7.14. The molecule has 0 unspecified atom stereocenters. The summed E-state index contributed by atoms with van der Waals surface area (Å²) in [6.07, 6.45) is 3.46. The third-order valence-electron chi connectivity index (χ3n) is 5.10. The highest BCUT2D eigenvalue weighted by molar-refractivity contribution is 6.07. The van der Waals surface area contributed by atoms with E-state index in [4.69, 9.17) is 9.26 Å². The van der Waals surface area contributed by atoms with Crippen LogP contribution in [0.25, 0.3) is 22.2 Å². The van der Waals surface area contributed by atoms with Gasteiger partial charge in [-0.2, -0.15) is 10.1 Å². The summed E-state index contributed by atoms with van der Waals surface area (Å²) in [6.45, 7) is 1.26. The first-order valence-electron chi connectivity index (χ1n) is 9.40. The molecule has 1 aliphatic heterocycles. The van der Waals surface area contributed by atoms with Crippen LogP contribution in [0.15, 0.2) is 59.4 Å². The van der Waals surface area contributed by atoms with Crippen LogP contribution in [0.4, 0.5) is 0 Å². The van der Waals surface area contributed by atoms with Gasteiger partial charge in [-0.1, -0.05) is 41.6 Å². The Morgan fingerprint density at radius 2 is 2.03 bits per heavy atom. The average Bonchev–Trinajstić information content (AvgIpc) is 3.42. The molecule has 4 aromatic rings. The number of aromatic nitrogens is 4. The van der Waals surface area contributed by atoms with Crippen LogP contribution in [0.1, 0.15) is 22.2 Å². The molecule has 1 fully saturated rings. The number of fused-ring (bicyclic) bond motifs is 1. The molecule has 1 saturated heterocycles. The van der Waals surface area contributed by atoms with E-state index in [1.54, 1.807) is 22.0 Å². The van der Waals surface area contributed by atoms with E-state index >= 15 is 0 Å². The summed E-state index contributed by atoms with van der Waals surface area (Å²) < 4.78 is 12.7. The zero-order valence-electron chi connectivity index (χ0n) is 15.9. The van der Waals surface area contributed by atoms with Gasteiger partial charge in [-0.15, -0.1) is 0 Å². The van der Waals surface area contributed by atoms with E-state index in [1.165, 1.54) is 0 Å². The van der Waals surface area contributed by atoms with Gasteiger partial charge in [0.25, 0.3) is 11.8 Å². The standard InChI is InChI=1S/C21H19N5O3/c1-25-12-15(11-22-25)20-23-19(24-29-20)18-13-28-10-9-26(18)21(27)17-8-4-6-14-5-2-3-7-16(14)17/h2-8,11-12,18H,9-10,13H2,1H3/t18-/m0/s1. The maximum Gasteiger partial charge on any atom is 0.261 e. The highest BCUT2D eigenvalue weighted by atomic mass is 16.5. The number of carbonyl (C=O) groups excluding carboxylic acids is 1. The molecule has 2 aromatic heterocycles. The number of hydrogen-bond donors (Lipinski definition) is 0. The van der Waals surface area contributed by atoms with Crippen molar-refractivity contribution in [2.45, 2.75) is 6.04 Å². The van der Waals surface area contributed by atoms with Crippen LogP contribution in [0.2, 0.25) is 0 Å². The van der Waals surface area contributed by atoms with Crippen molar-refractivity contribution in [1.82, 2.24) is 24.8 Å². The van der Waals surface area contributed by atoms with Gasteiger partial charge in [0.05, 0.1) is 25.0 Å². The van der Waals surface area contributed by atoms with E-state index in [0.717, 1.165) is 16.3 Å². The molecule has 2 aromatic carbocycles. The second-order valence-electron chi connectivity index (χ2n) is 6.98. The number of aryl methyl sites for hydroxylation is 1. The monoisotopic (exact) mass is 389 g/mol. The van der Waals surface area contributed by atoms with Crippen LogP contribution in [-0.4, -0.2) is 50.5 Å². The van der Waals surface area contributed by atoms with E-state index in [1.807, 2.05) is 49.5 Å². The van der Waals surface area contributed by atoms with Gasteiger partial charge in [0, 0.05) is 25.4 Å². The third-order valence-corrected chi connectivity index (χ3v) is 5.10. The molecule has 0 spiro atoms. The Bertz CT molecular complexity index is 1180. The van der Waals surface area contributed by atoms with Crippen molar-refractivity contribution in [3.63, 3.8) is 0 Å². The number of nitrogens with zero attached hydrogens (tertiary/aromatic N) is 5. The van der Waals surface area contributed by atoms with E-state index in [0.29, 0.717) is 37.0 Å². The first-order valence-corrected chi connectivity index (χ1v) is 9.40. The zero-order valence-corrected chi connectivity index (χ0v) is 15.9. The minimum absolute atomic E-state index is 0.0668. The summed E-state index contributed by atoms with van der Waals surface area (Å²) in [5.41, 5.74) is 1.39. The molecular formula is C21H19N5O3. The summed E-state index contributed by atoms with van der Waals surface area (Å²) in [6, 6.07) is 13.2. The summed E-state index contributed by atoms with van der Waals surface area (Å²) in [7, 11) is 1.82. The second-order valence-corrected chi connectivity index (χ2v) is 6.98. The number of carbonyl (C=O) groups is 1. The number of amides is 1. The van der Waals surface area contributed by atoms with Crippen LogP contribution < -0.4 is 0 Å². The molecule has 1 atom stereocenters. The van der Waals surface area contributed by atoms with Crippen LogP contribution in [0.3, 0.4) is 0 Å². The molecule has 1 aliphatic rings. The summed E-state index contributed by atoms with van der Waals surface area (Å²) in [5, 5.41) is 10.2. The predicted octanol–water partition coefficient (Wildman–Crippen LogP) is 2.84. The van der Waals surface area contributed by atoms with Gasteiger partial charge in [-0.3, -0.25) is 9.48 Å². The molecule has 0 N–H and O–H groups in total. The summed E-state index contributed by atoms with van der Waals surface area (Å²) in [5.74, 6) is 0.733. The lowest BCUT2D eigenvalue weighted by molar-refractivity contribution is -0.00566. The predicted molar refractivity (Wildman–Crippen MR) is 105 cm³/mol. The molecule has 146 valence electrons. The highest BCUT2D eigenvalue weighted by Gasteiger charge is 2.33. The lowest BCUT2D eigenvalue weighted by Gasteiger charge is -2.34. The van der Waals surface area contributed by atoms with Gasteiger partial charge >= 0.3 is 0 Å². The van der Waals surface area contributed by atoms with Crippen LogP contribution in [0.5, 0.6) is 0 Å². The molecule has 3 heterocycles. The van der Waals surface area contributed by atoms with Gasteiger partial charge in [0.2, 0.25) is 0 Å². The Morgan fingerprint density at radius 1 is 1.17 bits per heavy atom.